The number of aromatic nitrogens is 2. The summed E-state index contributed by atoms with van der Waals surface area (Å²) in [7, 11) is 0. The second-order valence-electron chi connectivity index (χ2n) is 14.3. The van der Waals surface area contributed by atoms with Gasteiger partial charge in [0, 0.05) is 22.1 Å². The molecule has 0 radical (unpaired) electrons. The third-order valence-electron chi connectivity index (χ3n) is 10.8. The minimum absolute atomic E-state index is 0.0825. The maximum Gasteiger partial charge on any atom is 0.160 e. The second-order valence-corrected chi connectivity index (χ2v) is 14.3. The highest BCUT2D eigenvalue weighted by Gasteiger charge is 2.37. The van der Waals surface area contributed by atoms with Crippen molar-refractivity contribution >= 4 is 32.3 Å². The monoisotopic (exact) mass is 650 g/mol. The van der Waals surface area contributed by atoms with Crippen molar-refractivity contribution in [1.29, 1.82) is 0 Å². The molecule has 0 saturated heterocycles. The molecule has 1 heterocycles. The number of fused-ring (bicyclic) bond motifs is 6. The van der Waals surface area contributed by atoms with Crippen LogP contribution in [0.25, 0.3) is 88.5 Å². The summed E-state index contributed by atoms with van der Waals surface area (Å²) in [5.41, 5.74) is 12.7. The van der Waals surface area contributed by atoms with Crippen LogP contribution in [0.2, 0.25) is 0 Å². The summed E-state index contributed by atoms with van der Waals surface area (Å²) in [5.74, 6) is 0.714. The van der Waals surface area contributed by atoms with Gasteiger partial charge in [-0.3, -0.25) is 0 Å². The van der Waals surface area contributed by atoms with E-state index in [0.29, 0.717) is 5.82 Å². The predicted octanol–water partition coefficient (Wildman–Crippen LogP) is 12.9. The number of rotatable bonds is 4. The number of hydrogen-bond donors (Lipinski definition) is 0. The van der Waals surface area contributed by atoms with Gasteiger partial charge in [-0.1, -0.05) is 153 Å². The fraction of sp³-hybridized carbons (Fsp3) is 0.0612. The summed E-state index contributed by atoms with van der Waals surface area (Å²) in [6.07, 6.45) is 0. The van der Waals surface area contributed by atoms with Gasteiger partial charge in [0.05, 0.1) is 11.4 Å². The first kappa shape index (κ1) is 29.5. The minimum atomic E-state index is -0.0825. The number of hydrogen-bond acceptors (Lipinski definition) is 2. The lowest BCUT2D eigenvalue weighted by molar-refractivity contribution is 0.661. The smallest absolute Gasteiger partial charge is 0.160 e. The summed E-state index contributed by atoms with van der Waals surface area (Å²) in [6, 6.07) is 61.3. The summed E-state index contributed by atoms with van der Waals surface area (Å²) in [6.45, 7) is 4.71. The van der Waals surface area contributed by atoms with Crippen molar-refractivity contribution in [3.05, 3.63) is 181 Å². The highest BCUT2D eigenvalue weighted by Crippen LogP contribution is 2.53. The van der Waals surface area contributed by atoms with E-state index < -0.39 is 0 Å². The summed E-state index contributed by atoms with van der Waals surface area (Å²) >= 11 is 0. The fourth-order valence-corrected chi connectivity index (χ4v) is 8.08. The Morgan fingerprint density at radius 1 is 0.353 bits per heavy atom. The first-order valence-electron chi connectivity index (χ1n) is 17.6. The van der Waals surface area contributed by atoms with Gasteiger partial charge in [0.1, 0.15) is 0 Å². The van der Waals surface area contributed by atoms with Gasteiger partial charge in [-0.15, -0.1) is 0 Å². The molecule has 240 valence electrons. The van der Waals surface area contributed by atoms with Crippen LogP contribution < -0.4 is 0 Å². The number of benzene rings is 8. The van der Waals surface area contributed by atoms with Crippen LogP contribution in [-0.2, 0) is 5.41 Å². The van der Waals surface area contributed by atoms with Crippen LogP contribution >= 0.6 is 0 Å². The topological polar surface area (TPSA) is 25.8 Å². The lowest BCUT2D eigenvalue weighted by Crippen LogP contribution is -2.14. The Kier molecular flexibility index (Phi) is 6.56. The van der Waals surface area contributed by atoms with Crippen LogP contribution in [0, 0.1) is 0 Å². The van der Waals surface area contributed by atoms with E-state index >= 15 is 0 Å². The van der Waals surface area contributed by atoms with E-state index in [0.717, 1.165) is 28.1 Å². The molecule has 0 unspecified atom stereocenters. The first-order valence-corrected chi connectivity index (χ1v) is 17.6. The van der Waals surface area contributed by atoms with Crippen molar-refractivity contribution in [2.75, 3.05) is 0 Å². The Bertz CT molecular complexity index is 2730. The zero-order chi connectivity index (χ0) is 34.1. The Morgan fingerprint density at radius 2 is 0.843 bits per heavy atom. The van der Waals surface area contributed by atoms with E-state index in [4.69, 9.17) is 9.97 Å². The molecular weight excluding hydrogens is 617 g/mol. The SMILES string of the molecule is CC1(C)c2cc3ccccc3cc2-c2c(-c3ccc(-c4nc(-c5ccc6ccccc6c5)cc(-c5ccc6ccccc6c5)n4)cc3)cccc21. The molecule has 2 heteroatoms. The van der Waals surface area contributed by atoms with Crippen molar-refractivity contribution in [2.45, 2.75) is 19.3 Å². The fourth-order valence-electron chi connectivity index (χ4n) is 8.08. The average molecular weight is 651 g/mol. The van der Waals surface area contributed by atoms with E-state index in [1.54, 1.807) is 0 Å². The third-order valence-corrected chi connectivity index (χ3v) is 10.8. The molecule has 0 amide bonds. The van der Waals surface area contributed by atoms with Crippen molar-refractivity contribution < 1.29 is 0 Å². The Morgan fingerprint density at radius 3 is 1.43 bits per heavy atom. The Balaban J connectivity index is 1.10. The maximum absolute atomic E-state index is 5.20. The lowest BCUT2D eigenvalue weighted by Gasteiger charge is -2.22. The summed E-state index contributed by atoms with van der Waals surface area (Å²) < 4.78 is 0. The van der Waals surface area contributed by atoms with Gasteiger partial charge < -0.3 is 0 Å². The first-order chi connectivity index (χ1) is 25.0. The molecule has 0 aliphatic heterocycles. The van der Waals surface area contributed by atoms with E-state index in [2.05, 4.69) is 184 Å². The molecule has 2 nitrogen and oxygen atoms in total. The molecule has 8 aromatic carbocycles. The van der Waals surface area contributed by atoms with Gasteiger partial charge in [0.15, 0.2) is 5.82 Å². The Labute approximate surface area is 297 Å². The van der Waals surface area contributed by atoms with Crippen LogP contribution in [0.15, 0.2) is 170 Å². The molecule has 0 saturated carbocycles. The molecule has 1 aliphatic rings. The van der Waals surface area contributed by atoms with Crippen molar-refractivity contribution in [1.82, 2.24) is 9.97 Å². The maximum atomic E-state index is 5.20. The van der Waals surface area contributed by atoms with E-state index in [1.807, 2.05) is 0 Å². The minimum Gasteiger partial charge on any atom is -0.228 e. The van der Waals surface area contributed by atoms with Gasteiger partial charge in [0.2, 0.25) is 0 Å². The van der Waals surface area contributed by atoms with Crippen LogP contribution in [-0.4, -0.2) is 9.97 Å². The molecule has 9 aromatic rings. The van der Waals surface area contributed by atoms with Gasteiger partial charge in [0.25, 0.3) is 0 Å². The number of nitrogens with zero attached hydrogens (tertiary/aromatic N) is 2. The summed E-state index contributed by atoms with van der Waals surface area (Å²) in [4.78, 5) is 10.4. The molecule has 1 aliphatic carbocycles. The molecule has 0 fully saturated rings. The van der Waals surface area contributed by atoms with Crippen LogP contribution in [0.5, 0.6) is 0 Å². The second kappa shape index (κ2) is 11.3. The average Bonchev–Trinajstić information content (AvgIpc) is 3.41. The van der Waals surface area contributed by atoms with Gasteiger partial charge >= 0.3 is 0 Å². The normalized spacial score (nSPS) is 13.1. The molecular formula is C49H34N2. The lowest BCUT2D eigenvalue weighted by atomic mass is 9.81. The quantitative estimate of drug-likeness (QED) is 0.189. The molecule has 0 spiro atoms. The molecule has 0 bridgehead atoms. The standard InChI is InChI=1S/C49H34N2/c1-49(2)43-17-9-16-41(47(43)42-28-37-14-7-8-15-38(37)29-44(42)49)33-20-22-34(23-21-33)48-50-45(39-24-18-31-10-3-5-12-35(31)26-39)30-46(51-48)40-25-19-32-11-4-6-13-36(32)27-40/h3-30H,1-2H3. The van der Waals surface area contributed by atoms with Crippen molar-refractivity contribution in [3.8, 4) is 56.2 Å². The predicted molar refractivity (Wildman–Crippen MR) is 214 cm³/mol. The van der Waals surface area contributed by atoms with Crippen LogP contribution in [0.3, 0.4) is 0 Å². The van der Waals surface area contributed by atoms with E-state index in [1.165, 1.54) is 65.7 Å². The zero-order valence-corrected chi connectivity index (χ0v) is 28.6. The van der Waals surface area contributed by atoms with Crippen molar-refractivity contribution in [2.24, 2.45) is 0 Å². The van der Waals surface area contributed by atoms with E-state index in [-0.39, 0.29) is 5.41 Å². The Hall–Kier alpha value is -6.38. The largest absolute Gasteiger partial charge is 0.228 e. The van der Waals surface area contributed by atoms with E-state index in [9.17, 15) is 0 Å². The van der Waals surface area contributed by atoms with Gasteiger partial charge in [-0.05, 0) is 96.0 Å². The van der Waals surface area contributed by atoms with Crippen LogP contribution in [0.1, 0.15) is 25.0 Å². The molecule has 0 atom stereocenters. The van der Waals surface area contributed by atoms with Crippen molar-refractivity contribution in [3.63, 3.8) is 0 Å². The third kappa shape index (κ3) is 4.87. The zero-order valence-electron chi connectivity index (χ0n) is 28.6. The van der Waals surface area contributed by atoms with Gasteiger partial charge in [-0.25, -0.2) is 9.97 Å². The molecule has 1 aromatic heterocycles. The molecule has 10 rings (SSSR count). The highest BCUT2D eigenvalue weighted by atomic mass is 14.9. The van der Waals surface area contributed by atoms with Crippen LogP contribution in [0.4, 0.5) is 0 Å². The molecule has 51 heavy (non-hydrogen) atoms. The highest BCUT2D eigenvalue weighted by molar-refractivity contribution is 5.99. The summed E-state index contributed by atoms with van der Waals surface area (Å²) in [5, 5.41) is 7.38. The molecule has 0 N–H and O–H groups in total. The van der Waals surface area contributed by atoms with Gasteiger partial charge in [-0.2, -0.15) is 0 Å².